The highest BCUT2D eigenvalue weighted by atomic mass is 32.1. The molecule has 7 nitrogen and oxygen atoms in total. The van der Waals surface area contributed by atoms with E-state index in [1.807, 2.05) is 32.9 Å². The van der Waals surface area contributed by atoms with Gasteiger partial charge in [-0.05, 0) is 45.4 Å². The lowest BCUT2D eigenvalue weighted by atomic mass is 9.95. The molecule has 0 spiro atoms. The zero-order valence-corrected chi connectivity index (χ0v) is 19.6. The highest BCUT2D eigenvalue weighted by molar-refractivity contribution is 7.16. The Hall–Kier alpha value is -3.65. The number of anilines is 1. The number of ketones is 1. The number of amides is 1. The number of aromatic nitrogens is 1. The maximum absolute atomic E-state index is 13.2. The number of hydrogen-bond donors (Lipinski definition) is 2. The van der Waals surface area contributed by atoms with Crippen molar-refractivity contribution in [3.05, 3.63) is 75.3 Å². The highest BCUT2D eigenvalue weighted by Crippen LogP contribution is 2.45. The molecule has 1 unspecified atom stereocenters. The Morgan fingerprint density at radius 2 is 1.82 bits per heavy atom. The first-order chi connectivity index (χ1) is 15.7. The van der Waals surface area contributed by atoms with Gasteiger partial charge in [0.2, 0.25) is 0 Å². The molecule has 0 saturated carbocycles. The summed E-state index contributed by atoms with van der Waals surface area (Å²) in [5.74, 6) is -1.67. The van der Waals surface area contributed by atoms with Gasteiger partial charge in [-0.3, -0.25) is 14.5 Å². The van der Waals surface area contributed by atoms with Crippen LogP contribution in [0.15, 0.2) is 48.0 Å². The molecule has 0 radical (unpaired) electrons. The van der Waals surface area contributed by atoms with Crippen LogP contribution in [0.5, 0.6) is 11.5 Å². The summed E-state index contributed by atoms with van der Waals surface area (Å²) in [5, 5.41) is 21.7. The van der Waals surface area contributed by atoms with E-state index >= 15 is 0 Å². The summed E-state index contributed by atoms with van der Waals surface area (Å²) < 4.78 is 5.52. The molecule has 33 heavy (non-hydrogen) atoms. The van der Waals surface area contributed by atoms with Crippen LogP contribution in [-0.2, 0) is 9.59 Å². The summed E-state index contributed by atoms with van der Waals surface area (Å²) in [6.45, 7) is 7.76. The second-order valence-electron chi connectivity index (χ2n) is 7.83. The number of phenolic OH excluding ortho intramolecular Hbond substituents is 1. The van der Waals surface area contributed by atoms with Gasteiger partial charge in [-0.15, -0.1) is 11.3 Å². The number of carbonyl (C=O) groups excluding carboxylic acids is 2. The number of ether oxygens (including phenoxy) is 1. The van der Waals surface area contributed by atoms with Crippen LogP contribution in [0, 0.1) is 20.8 Å². The molecule has 2 aromatic carbocycles. The molecule has 1 amide bonds. The third-order valence-corrected chi connectivity index (χ3v) is 6.66. The number of carbonyl (C=O) groups is 2. The zero-order valence-electron chi connectivity index (χ0n) is 18.7. The second-order valence-corrected chi connectivity index (χ2v) is 9.01. The van der Waals surface area contributed by atoms with E-state index in [9.17, 15) is 19.8 Å². The number of benzene rings is 2. The molecule has 1 atom stereocenters. The van der Waals surface area contributed by atoms with Gasteiger partial charge in [0.25, 0.3) is 5.78 Å². The number of phenols is 1. The third-order valence-electron chi connectivity index (χ3n) is 5.59. The summed E-state index contributed by atoms with van der Waals surface area (Å²) in [5.41, 5.74) is 2.66. The van der Waals surface area contributed by atoms with E-state index in [0.29, 0.717) is 22.9 Å². The molecule has 0 aliphatic carbocycles. The van der Waals surface area contributed by atoms with Crippen molar-refractivity contribution in [3.8, 4) is 11.5 Å². The van der Waals surface area contributed by atoms with Crippen molar-refractivity contribution in [3.63, 3.8) is 0 Å². The van der Waals surface area contributed by atoms with E-state index in [0.717, 1.165) is 16.1 Å². The first kappa shape index (κ1) is 22.5. The third kappa shape index (κ3) is 3.98. The molecular formula is C25H24N2O5S. The number of thiazole rings is 1. The van der Waals surface area contributed by atoms with Crippen molar-refractivity contribution < 1.29 is 24.5 Å². The average Bonchev–Trinajstić information content (AvgIpc) is 3.25. The van der Waals surface area contributed by atoms with Gasteiger partial charge in [0.05, 0.1) is 23.9 Å². The molecule has 1 aromatic heterocycles. The number of aryl methyl sites for hydroxylation is 3. The van der Waals surface area contributed by atoms with Gasteiger partial charge in [-0.1, -0.05) is 35.9 Å². The van der Waals surface area contributed by atoms with Crippen LogP contribution in [0.1, 0.15) is 40.2 Å². The number of nitrogens with zero attached hydrogens (tertiary/aromatic N) is 2. The van der Waals surface area contributed by atoms with Crippen molar-refractivity contribution in [2.24, 2.45) is 0 Å². The van der Waals surface area contributed by atoms with Crippen LogP contribution in [-0.4, -0.2) is 33.5 Å². The molecule has 0 bridgehead atoms. The van der Waals surface area contributed by atoms with Gasteiger partial charge < -0.3 is 14.9 Å². The fourth-order valence-electron chi connectivity index (χ4n) is 3.74. The lowest BCUT2D eigenvalue weighted by Crippen LogP contribution is -2.29. The molecule has 2 heterocycles. The van der Waals surface area contributed by atoms with Gasteiger partial charge in [0, 0.05) is 10.4 Å². The Kier molecular flexibility index (Phi) is 5.95. The minimum atomic E-state index is -0.934. The fourth-order valence-corrected chi connectivity index (χ4v) is 4.68. The van der Waals surface area contributed by atoms with Crippen LogP contribution in [0.25, 0.3) is 5.76 Å². The molecule has 1 aliphatic rings. The molecule has 8 heteroatoms. The van der Waals surface area contributed by atoms with E-state index in [2.05, 4.69) is 4.98 Å². The normalized spacial score (nSPS) is 17.6. The molecule has 170 valence electrons. The molecule has 1 aliphatic heterocycles. The lowest BCUT2D eigenvalue weighted by Gasteiger charge is -2.23. The van der Waals surface area contributed by atoms with Crippen molar-refractivity contribution >= 4 is 33.9 Å². The maximum atomic E-state index is 13.2. The largest absolute Gasteiger partial charge is 0.507 e. The molecule has 1 saturated heterocycles. The van der Waals surface area contributed by atoms with Crippen molar-refractivity contribution in [1.82, 2.24) is 4.98 Å². The van der Waals surface area contributed by atoms with E-state index in [4.69, 9.17) is 4.74 Å². The predicted molar refractivity (Wildman–Crippen MR) is 127 cm³/mol. The summed E-state index contributed by atoms with van der Waals surface area (Å²) >= 11 is 1.30. The number of Topliss-reactive ketones (excluding diaryl/α,β-unsaturated/α-hetero) is 1. The molecule has 3 aromatic rings. The van der Waals surface area contributed by atoms with Gasteiger partial charge in [-0.2, -0.15) is 0 Å². The van der Waals surface area contributed by atoms with Gasteiger partial charge in [0.1, 0.15) is 5.76 Å². The maximum Gasteiger partial charge on any atom is 0.301 e. The van der Waals surface area contributed by atoms with Crippen LogP contribution in [0.3, 0.4) is 0 Å². The lowest BCUT2D eigenvalue weighted by molar-refractivity contribution is -0.132. The number of aliphatic hydroxyl groups is 1. The van der Waals surface area contributed by atoms with Crippen LogP contribution in [0.2, 0.25) is 0 Å². The number of aliphatic hydroxyl groups excluding tert-OH is 1. The monoisotopic (exact) mass is 464 g/mol. The Bertz CT molecular complexity index is 1260. The summed E-state index contributed by atoms with van der Waals surface area (Å²) in [4.78, 5) is 33.1. The van der Waals surface area contributed by atoms with E-state index in [1.165, 1.54) is 22.3 Å². The first-order valence-corrected chi connectivity index (χ1v) is 11.3. The van der Waals surface area contributed by atoms with Gasteiger partial charge in [0.15, 0.2) is 16.6 Å². The molecule has 4 rings (SSSR count). The average molecular weight is 465 g/mol. The van der Waals surface area contributed by atoms with Crippen molar-refractivity contribution in [2.45, 2.75) is 33.7 Å². The number of rotatable bonds is 5. The molecular weight excluding hydrogens is 440 g/mol. The summed E-state index contributed by atoms with van der Waals surface area (Å²) in [6.07, 6.45) is 0. The summed E-state index contributed by atoms with van der Waals surface area (Å²) in [7, 11) is 0. The van der Waals surface area contributed by atoms with Crippen LogP contribution in [0.4, 0.5) is 5.13 Å². The smallest absolute Gasteiger partial charge is 0.301 e. The SMILES string of the molecule is CCOc1cc(C2/C(=C(\O)c3ccc(C)cc3)C(=O)C(=O)N2c2nc(C)c(C)s2)ccc1O. The fraction of sp³-hybridized carbons (Fsp3) is 0.240. The topological polar surface area (TPSA) is 100.0 Å². The van der Waals surface area contributed by atoms with Crippen molar-refractivity contribution in [2.75, 3.05) is 11.5 Å². The van der Waals surface area contributed by atoms with E-state index < -0.39 is 17.7 Å². The van der Waals surface area contributed by atoms with Crippen LogP contribution < -0.4 is 9.64 Å². The van der Waals surface area contributed by atoms with Gasteiger partial charge >= 0.3 is 5.91 Å². The Balaban J connectivity index is 1.96. The Morgan fingerprint density at radius 1 is 1.12 bits per heavy atom. The van der Waals surface area contributed by atoms with E-state index in [-0.39, 0.29) is 22.8 Å². The zero-order chi connectivity index (χ0) is 23.9. The number of aromatic hydroxyl groups is 1. The highest BCUT2D eigenvalue weighted by Gasteiger charge is 2.48. The Morgan fingerprint density at radius 3 is 2.42 bits per heavy atom. The first-order valence-electron chi connectivity index (χ1n) is 10.5. The molecule has 2 N–H and O–H groups in total. The van der Waals surface area contributed by atoms with Crippen LogP contribution >= 0.6 is 11.3 Å². The Labute approximate surface area is 195 Å². The predicted octanol–water partition coefficient (Wildman–Crippen LogP) is 4.80. The second kappa shape index (κ2) is 8.71. The quantitative estimate of drug-likeness (QED) is 0.320. The summed E-state index contributed by atoms with van der Waals surface area (Å²) in [6, 6.07) is 10.8. The standard InChI is InChI=1S/C25H24N2O5S/c1-5-32-19-12-17(10-11-18(19)28)21-20(22(29)16-8-6-13(2)7-9-16)23(30)24(31)27(21)25-26-14(3)15(4)33-25/h6-12,21,28-29H,5H2,1-4H3/b22-20+. The minimum absolute atomic E-state index is 0.0394. The van der Waals surface area contributed by atoms with Crippen molar-refractivity contribution in [1.29, 1.82) is 0 Å². The van der Waals surface area contributed by atoms with Gasteiger partial charge in [-0.25, -0.2) is 4.98 Å². The minimum Gasteiger partial charge on any atom is -0.507 e. The van der Waals surface area contributed by atoms with E-state index in [1.54, 1.807) is 31.2 Å². The number of hydrogen-bond acceptors (Lipinski definition) is 7. The molecule has 1 fully saturated rings.